The Morgan fingerprint density at radius 2 is 1.78 bits per heavy atom. The Hall–Kier alpha value is -1.84. The van der Waals surface area contributed by atoms with Gasteiger partial charge in [0.1, 0.15) is 5.60 Å². The third-order valence-corrected chi connectivity index (χ3v) is 4.90. The van der Waals surface area contributed by atoms with Gasteiger partial charge >= 0.3 is 0 Å². The van der Waals surface area contributed by atoms with Crippen molar-refractivity contribution in [1.29, 1.82) is 0 Å². The van der Waals surface area contributed by atoms with E-state index in [1.807, 2.05) is 0 Å². The van der Waals surface area contributed by atoms with Gasteiger partial charge < -0.3 is 4.90 Å². The van der Waals surface area contributed by atoms with Crippen molar-refractivity contribution in [2.75, 3.05) is 25.7 Å². The Morgan fingerprint density at radius 3 is 2.57 bits per heavy atom. The number of para-hydroxylation sites is 1. The highest BCUT2D eigenvalue weighted by Gasteiger charge is 2.45. The van der Waals surface area contributed by atoms with Crippen LogP contribution in [0.25, 0.3) is 0 Å². The topological polar surface area (TPSA) is 15.7 Å². The molecule has 0 N–H and O–H groups in total. The summed E-state index contributed by atoms with van der Waals surface area (Å²) >= 11 is 0. The van der Waals surface area contributed by atoms with Crippen LogP contribution < -0.4 is 5.06 Å². The maximum absolute atomic E-state index is 6.52. The standard InChI is InChI=1S/C20H24N2O/c1-20(14-21(2)3)13-19-17-10-6-4-8-15(17)12-16-9-5-7-11-18(16)22(19)23-20/h4-11,19H,12-14H2,1-3H3/t19-,20+/m1/s1. The Kier molecular flexibility index (Phi) is 3.43. The van der Waals surface area contributed by atoms with Crippen molar-refractivity contribution in [3.8, 4) is 0 Å². The van der Waals surface area contributed by atoms with E-state index in [9.17, 15) is 0 Å². The van der Waals surface area contributed by atoms with Crippen molar-refractivity contribution in [3.05, 3.63) is 65.2 Å². The lowest BCUT2D eigenvalue weighted by Gasteiger charge is -2.29. The highest BCUT2D eigenvalue weighted by Crippen LogP contribution is 2.47. The molecule has 2 heterocycles. The lowest BCUT2D eigenvalue weighted by atomic mass is 9.90. The SMILES string of the molecule is CN(C)C[C@]1(C)C[C@@H]2c3ccccc3Cc3ccccc3N2O1. The van der Waals surface area contributed by atoms with E-state index in [2.05, 4.69) is 79.5 Å². The first kappa shape index (κ1) is 14.7. The molecule has 0 unspecified atom stereocenters. The van der Waals surface area contributed by atoms with E-state index in [1.54, 1.807) is 0 Å². The molecule has 120 valence electrons. The first-order valence-electron chi connectivity index (χ1n) is 8.34. The molecular weight excluding hydrogens is 284 g/mol. The normalized spacial score (nSPS) is 25.7. The van der Waals surface area contributed by atoms with Crippen LogP contribution in [-0.4, -0.2) is 31.1 Å². The largest absolute Gasteiger partial charge is 0.306 e. The van der Waals surface area contributed by atoms with Crippen molar-refractivity contribution in [2.45, 2.75) is 31.4 Å². The summed E-state index contributed by atoms with van der Waals surface area (Å²) in [5.41, 5.74) is 5.23. The number of anilines is 1. The van der Waals surface area contributed by atoms with Gasteiger partial charge in [-0.1, -0.05) is 42.5 Å². The quantitative estimate of drug-likeness (QED) is 0.839. The molecule has 2 atom stereocenters. The van der Waals surface area contributed by atoms with Gasteiger partial charge in [-0.2, -0.15) is 0 Å². The van der Waals surface area contributed by atoms with Crippen molar-refractivity contribution in [3.63, 3.8) is 0 Å². The number of benzene rings is 2. The van der Waals surface area contributed by atoms with Gasteiger partial charge in [0.2, 0.25) is 0 Å². The fourth-order valence-electron chi connectivity index (χ4n) is 4.15. The van der Waals surface area contributed by atoms with Crippen LogP contribution in [0.1, 0.15) is 36.1 Å². The number of hydrogen-bond acceptors (Lipinski definition) is 3. The van der Waals surface area contributed by atoms with Gasteiger partial charge in [-0.25, -0.2) is 5.06 Å². The van der Waals surface area contributed by atoms with Gasteiger partial charge in [-0.05, 0) is 50.2 Å². The molecule has 3 nitrogen and oxygen atoms in total. The second-order valence-electron chi connectivity index (χ2n) is 7.33. The van der Waals surface area contributed by atoms with E-state index in [4.69, 9.17) is 4.84 Å². The van der Waals surface area contributed by atoms with Gasteiger partial charge in [-0.15, -0.1) is 0 Å². The smallest absolute Gasteiger partial charge is 0.108 e. The molecule has 4 rings (SSSR count). The summed E-state index contributed by atoms with van der Waals surface area (Å²) in [4.78, 5) is 8.73. The third kappa shape index (κ3) is 2.54. The van der Waals surface area contributed by atoms with E-state index in [0.717, 1.165) is 19.4 Å². The second-order valence-corrected chi connectivity index (χ2v) is 7.33. The summed E-state index contributed by atoms with van der Waals surface area (Å²) in [6.07, 6.45) is 1.99. The molecule has 0 saturated carbocycles. The maximum Gasteiger partial charge on any atom is 0.108 e. The summed E-state index contributed by atoms with van der Waals surface area (Å²) in [5.74, 6) is 0. The van der Waals surface area contributed by atoms with Crippen LogP contribution in [0.3, 0.4) is 0 Å². The summed E-state index contributed by atoms with van der Waals surface area (Å²) < 4.78 is 0. The van der Waals surface area contributed by atoms with Crippen LogP contribution in [0.2, 0.25) is 0 Å². The fraction of sp³-hybridized carbons (Fsp3) is 0.400. The number of likely N-dealkylation sites (N-methyl/N-ethyl adjacent to an activating group) is 1. The average Bonchev–Trinajstić information content (AvgIpc) is 2.78. The zero-order valence-corrected chi connectivity index (χ0v) is 14.1. The van der Waals surface area contributed by atoms with Crippen molar-refractivity contribution in [1.82, 2.24) is 4.90 Å². The molecule has 0 spiro atoms. The summed E-state index contributed by atoms with van der Waals surface area (Å²) in [5, 5.41) is 2.17. The van der Waals surface area contributed by atoms with E-state index < -0.39 is 0 Å². The molecule has 2 aliphatic heterocycles. The van der Waals surface area contributed by atoms with Crippen LogP contribution in [0, 0.1) is 0 Å². The van der Waals surface area contributed by atoms with Gasteiger partial charge in [-0.3, -0.25) is 4.84 Å². The number of hydrogen-bond donors (Lipinski definition) is 0. The number of nitrogens with zero attached hydrogens (tertiary/aromatic N) is 2. The Labute approximate surface area is 138 Å². The van der Waals surface area contributed by atoms with Gasteiger partial charge in [0, 0.05) is 13.0 Å². The van der Waals surface area contributed by atoms with Crippen LogP contribution in [0.15, 0.2) is 48.5 Å². The molecule has 1 fully saturated rings. The molecule has 0 aliphatic carbocycles. The minimum absolute atomic E-state index is 0.161. The number of fused-ring (bicyclic) bond motifs is 5. The van der Waals surface area contributed by atoms with Gasteiger partial charge in [0.05, 0.1) is 11.7 Å². The van der Waals surface area contributed by atoms with E-state index in [-0.39, 0.29) is 5.60 Å². The van der Waals surface area contributed by atoms with Crippen LogP contribution in [-0.2, 0) is 11.3 Å². The van der Waals surface area contributed by atoms with Crippen molar-refractivity contribution < 1.29 is 4.84 Å². The molecular formula is C20H24N2O. The van der Waals surface area contributed by atoms with Crippen molar-refractivity contribution >= 4 is 5.69 Å². The minimum Gasteiger partial charge on any atom is -0.306 e. The Morgan fingerprint density at radius 1 is 1.09 bits per heavy atom. The minimum atomic E-state index is -0.161. The van der Waals surface area contributed by atoms with E-state index in [1.165, 1.54) is 22.4 Å². The highest BCUT2D eigenvalue weighted by molar-refractivity contribution is 5.59. The summed E-state index contributed by atoms with van der Waals surface area (Å²) in [7, 11) is 4.22. The predicted octanol–water partition coefficient (Wildman–Crippen LogP) is 3.79. The van der Waals surface area contributed by atoms with Gasteiger partial charge in [0.15, 0.2) is 0 Å². The monoisotopic (exact) mass is 308 g/mol. The summed E-state index contributed by atoms with van der Waals surface area (Å²) in [6.45, 7) is 3.15. The molecule has 23 heavy (non-hydrogen) atoms. The van der Waals surface area contributed by atoms with Gasteiger partial charge in [0.25, 0.3) is 0 Å². The predicted molar refractivity (Wildman–Crippen MR) is 93.6 cm³/mol. The zero-order chi connectivity index (χ0) is 16.0. The molecule has 0 radical (unpaired) electrons. The molecule has 3 heteroatoms. The number of rotatable bonds is 2. The lowest BCUT2D eigenvalue weighted by molar-refractivity contribution is -0.0154. The Bertz CT molecular complexity index is 672. The second kappa shape index (κ2) is 5.36. The van der Waals surface area contributed by atoms with Crippen molar-refractivity contribution in [2.24, 2.45) is 0 Å². The Balaban J connectivity index is 1.82. The molecule has 2 aromatic rings. The zero-order valence-electron chi connectivity index (χ0n) is 14.1. The molecule has 2 aromatic carbocycles. The van der Waals surface area contributed by atoms with E-state index in [0.29, 0.717) is 6.04 Å². The molecule has 0 bridgehead atoms. The van der Waals surface area contributed by atoms with Crippen LogP contribution in [0.4, 0.5) is 5.69 Å². The maximum atomic E-state index is 6.52. The highest BCUT2D eigenvalue weighted by atomic mass is 16.7. The third-order valence-electron chi connectivity index (χ3n) is 4.90. The molecule has 0 aromatic heterocycles. The fourth-order valence-corrected chi connectivity index (χ4v) is 4.15. The molecule has 0 amide bonds. The van der Waals surface area contributed by atoms with E-state index >= 15 is 0 Å². The summed E-state index contributed by atoms with van der Waals surface area (Å²) in [6, 6.07) is 17.8. The average molecular weight is 308 g/mol. The molecule has 2 aliphatic rings. The first-order chi connectivity index (χ1) is 11.1. The number of hydroxylamine groups is 1. The first-order valence-corrected chi connectivity index (χ1v) is 8.34. The molecule has 1 saturated heterocycles. The van der Waals surface area contributed by atoms with Crippen LogP contribution in [0.5, 0.6) is 0 Å². The lowest BCUT2D eigenvalue weighted by Crippen LogP contribution is -2.38. The van der Waals surface area contributed by atoms with Crippen LogP contribution >= 0.6 is 0 Å².